The molecule has 6 nitrogen and oxygen atoms in total. The monoisotopic (exact) mass is 370 g/mol. The Morgan fingerprint density at radius 3 is 2.41 bits per heavy atom. The highest BCUT2D eigenvalue weighted by molar-refractivity contribution is 5.92. The third-order valence-electron chi connectivity index (χ3n) is 4.88. The van der Waals surface area contributed by atoms with Crippen molar-refractivity contribution in [2.75, 3.05) is 0 Å². The minimum Gasteiger partial charge on any atom is -0.478 e. The van der Waals surface area contributed by atoms with Gasteiger partial charge in [-0.15, -0.1) is 0 Å². The SMILES string of the molecule is CC(c1nc2ccc(C(=O)O)cc2n1C)c1nc2c(F)cc(F)cc2n1C. The molecule has 0 aliphatic heterocycles. The van der Waals surface area contributed by atoms with Crippen molar-refractivity contribution in [1.29, 1.82) is 0 Å². The van der Waals surface area contributed by atoms with Gasteiger partial charge in [-0.2, -0.15) is 0 Å². The molecule has 0 aliphatic rings. The Hall–Kier alpha value is -3.29. The Balaban J connectivity index is 1.88. The number of carbonyl (C=O) groups is 1. The number of benzene rings is 2. The van der Waals surface area contributed by atoms with Crippen molar-refractivity contribution in [2.24, 2.45) is 14.1 Å². The lowest BCUT2D eigenvalue weighted by Crippen LogP contribution is -2.09. The molecule has 4 rings (SSSR count). The summed E-state index contributed by atoms with van der Waals surface area (Å²) in [6, 6.07) is 6.77. The summed E-state index contributed by atoms with van der Waals surface area (Å²) in [4.78, 5) is 20.2. The van der Waals surface area contributed by atoms with E-state index in [9.17, 15) is 18.7 Å². The maximum Gasteiger partial charge on any atom is 0.335 e. The van der Waals surface area contributed by atoms with Crippen LogP contribution in [0.15, 0.2) is 30.3 Å². The van der Waals surface area contributed by atoms with E-state index in [1.54, 1.807) is 35.4 Å². The molecule has 4 aromatic rings. The van der Waals surface area contributed by atoms with Gasteiger partial charge in [-0.05, 0) is 31.2 Å². The fourth-order valence-corrected chi connectivity index (χ4v) is 3.46. The minimum absolute atomic E-state index is 0.104. The first kappa shape index (κ1) is 17.1. The van der Waals surface area contributed by atoms with Gasteiger partial charge >= 0.3 is 5.97 Å². The van der Waals surface area contributed by atoms with E-state index in [4.69, 9.17) is 0 Å². The first-order valence-corrected chi connectivity index (χ1v) is 8.29. The Labute approximate surface area is 152 Å². The second-order valence-electron chi connectivity index (χ2n) is 6.54. The summed E-state index contributed by atoms with van der Waals surface area (Å²) >= 11 is 0. The van der Waals surface area contributed by atoms with Crippen LogP contribution in [0.4, 0.5) is 8.78 Å². The largest absolute Gasteiger partial charge is 0.478 e. The summed E-state index contributed by atoms with van der Waals surface area (Å²) in [5, 5.41) is 9.19. The van der Waals surface area contributed by atoms with Crippen molar-refractivity contribution in [3.05, 3.63) is 59.2 Å². The lowest BCUT2D eigenvalue weighted by molar-refractivity contribution is 0.0697. The van der Waals surface area contributed by atoms with Crippen LogP contribution in [-0.2, 0) is 14.1 Å². The van der Waals surface area contributed by atoms with Gasteiger partial charge in [0.15, 0.2) is 5.82 Å². The number of aryl methyl sites for hydroxylation is 2. The van der Waals surface area contributed by atoms with Crippen LogP contribution in [0.2, 0.25) is 0 Å². The quantitative estimate of drug-likeness (QED) is 0.598. The second kappa shape index (κ2) is 5.87. The number of nitrogens with zero attached hydrogens (tertiary/aromatic N) is 4. The van der Waals surface area contributed by atoms with Crippen LogP contribution in [0.25, 0.3) is 22.1 Å². The molecular weight excluding hydrogens is 354 g/mol. The highest BCUT2D eigenvalue weighted by atomic mass is 19.1. The van der Waals surface area contributed by atoms with Crippen molar-refractivity contribution in [3.8, 4) is 0 Å². The van der Waals surface area contributed by atoms with Crippen molar-refractivity contribution < 1.29 is 18.7 Å². The number of halogens is 2. The summed E-state index contributed by atoms with van der Waals surface area (Å²) < 4.78 is 31.1. The van der Waals surface area contributed by atoms with Crippen molar-refractivity contribution >= 4 is 28.0 Å². The molecule has 0 bridgehead atoms. The standard InChI is InChI=1S/C19H16F2N4O2/c1-9(18-23-16-12(21)7-11(20)8-15(16)25(18)3)17-22-13-5-4-10(19(26)27)6-14(13)24(17)2/h4-9H,1-3H3,(H,26,27). The summed E-state index contributed by atoms with van der Waals surface area (Å²) in [5.74, 6) is -1.53. The van der Waals surface area contributed by atoms with Gasteiger partial charge in [0.25, 0.3) is 0 Å². The topological polar surface area (TPSA) is 72.9 Å². The molecule has 8 heteroatoms. The molecule has 0 spiro atoms. The number of hydrogen-bond acceptors (Lipinski definition) is 3. The molecule has 0 saturated heterocycles. The molecule has 0 radical (unpaired) electrons. The average molecular weight is 370 g/mol. The first-order valence-electron chi connectivity index (χ1n) is 8.29. The summed E-state index contributed by atoms with van der Waals surface area (Å²) in [7, 11) is 3.49. The van der Waals surface area contributed by atoms with E-state index in [-0.39, 0.29) is 17.0 Å². The van der Waals surface area contributed by atoms with Crippen LogP contribution in [0.3, 0.4) is 0 Å². The van der Waals surface area contributed by atoms with Crippen LogP contribution in [0.1, 0.15) is 34.8 Å². The van der Waals surface area contributed by atoms with Gasteiger partial charge in [-0.25, -0.2) is 23.5 Å². The maximum atomic E-state index is 14.1. The third-order valence-corrected chi connectivity index (χ3v) is 4.88. The van der Waals surface area contributed by atoms with Crippen LogP contribution in [-0.4, -0.2) is 30.2 Å². The Morgan fingerprint density at radius 1 is 1.04 bits per heavy atom. The van der Waals surface area contributed by atoms with Gasteiger partial charge in [0, 0.05) is 20.2 Å². The zero-order chi connectivity index (χ0) is 19.5. The fourth-order valence-electron chi connectivity index (χ4n) is 3.46. The summed E-state index contributed by atoms with van der Waals surface area (Å²) in [6.07, 6.45) is 0. The number of carboxylic acids is 1. The lowest BCUT2D eigenvalue weighted by Gasteiger charge is -2.12. The third kappa shape index (κ3) is 2.56. The maximum absolute atomic E-state index is 14.1. The van der Waals surface area contributed by atoms with Gasteiger partial charge < -0.3 is 14.2 Å². The number of rotatable bonds is 3. The molecule has 27 heavy (non-hydrogen) atoms. The van der Waals surface area contributed by atoms with Crippen LogP contribution in [0, 0.1) is 11.6 Å². The molecule has 1 atom stereocenters. The highest BCUT2D eigenvalue weighted by Gasteiger charge is 2.23. The molecule has 1 unspecified atom stereocenters. The molecule has 2 aromatic heterocycles. The van der Waals surface area contributed by atoms with E-state index in [2.05, 4.69) is 9.97 Å². The Kier molecular flexibility index (Phi) is 3.73. The predicted molar refractivity (Wildman–Crippen MR) is 95.8 cm³/mol. The zero-order valence-electron chi connectivity index (χ0n) is 14.9. The number of fused-ring (bicyclic) bond motifs is 2. The molecule has 2 aromatic carbocycles. The number of hydrogen-bond donors (Lipinski definition) is 1. The van der Waals surface area contributed by atoms with E-state index >= 15 is 0 Å². The van der Waals surface area contributed by atoms with E-state index in [1.165, 1.54) is 12.1 Å². The van der Waals surface area contributed by atoms with Gasteiger partial charge in [-0.1, -0.05) is 0 Å². The Bertz CT molecular complexity index is 1230. The molecule has 1 N–H and O–H groups in total. The summed E-state index contributed by atoms with van der Waals surface area (Å²) in [5.41, 5.74) is 1.96. The van der Waals surface area contributed by atoms with E-state index in [1.807, 2.05) is 6.92 Å². The molecule has 0 saturated carbocycles. The fraction of sp³-hybridized carbons (Fsp3) is 0.211. The van der Waals surface area contributed by atoms with Crippen molar-refractivity contribution in [1.82, 2.24) is 19.1 Å². The second-order valence-corrected chi connectivity index (χ2v) is 6.54. The van der Waals surface area contributed by atoms with E-state index in [0.29, 0.717) is 28.2 Å². The van der Waals surface area contributed by atoms with Gasteiger partial charge in [0.05, 0.1) is 28.0 Å². The molecule has 2 heterocycles. The zero-order valence-corrected chi connectivity index (χ0v) is 14.9. The molecule has 0 amide bonds. The van der Waals surface area contributed by atoms with Crippen LogP contribution in [0.5, 0.6) is 0 Å². The minimum atomic E-state index is -1.01. The molecule has 0 aliphatic carbocycles. The predicted octanol–water partition coefficient (Wildman–Crippen LogP) is 3.59. The molecular formula is C19H16F2N4O2. The first-order chi connectivity index (χ1) is 12.8. The number of aromatic nitrogens is 4. The van der Waals surface area contributed by atoms with Crippen LogP contribution < -0.4 is 0 Å². The molecule has 138 valence electrons. The highest BCUT2D eigenvalue weighted by Crippen LogP contribution is 2.29. The van der Waals surface area contributed by atoms with Crippen molar-refractivity contribution in [2.45, 2.75) is 12.8 Å². The van der Waals surface area contributed by atoms with E-state index in [0.717, 1.165) is 6.07 Å². The lowest BCUT2D eigenvalue weighted by atomic mass is 10.1. The van der Waals surface area contributed by atoms with Gasteiger partial charge in [0.1, 0.15) is 23.0 Å². The number of carboxylic acid groups (broad SMARTS) is 1. The van der Waals surface area contributed by atoms with Gasteiger partial charge in [0.2, 0.25) is 0 Å². The average Bonchev–Trinajstić information content (AvgIpc) is 3.12. The molecule has 0 fully saturated rings. The van der Waals surface area contributed by atoms with Crippen LogP contribution >= 0.6 is 0 Å². The summed E-state index contributed by atoms with van der Waals surface area (Å²) in [6.45, 7) is 1.87. The Morgan fingerprint density at radius 2 is 1.70 bits per heavy atom. The van der Waals surface area contributed by atoms with E-state index < -0.39 is 17.6 Å². The number of imidazole rings is 2. The smallest absolute Gasteiger partial charge is 0.335 e. The normalized spacial score (nSPS) is 12.8. The van der Waals surface area contributed by atoms with Crippen molar-refractivity contribution in [3.63, 3.8) is 0 Å². The number of aromatic carboxylic acids is 1. The van der Waals surface area contributed by atoms with Gasteiger partial charge in [-0.3, -0.25) is 0 Å².